The number of ether oxygens (including phenoxy) is 1. The molecule has 1 aromatic heterocycles. The molecular weight excluding hydrogens is 342 g/mol. The normalized spacial score (nSPS) is 21.2. The van der Waals surface area contributed by atoms with Crippen molar-refractivity contribution in [3.05, 3.63) is 47.5 Å². The average Bonchev–Trinajstić information content (AvgIpc) is 3.18. The van der Waals surface area contributed by atoms with Gasteiger partial charge in [-0.2, -0.15) is 5.10 Å². The number of hydrogen-bond donors (Lipinski definition) is 2. The molecule has 1 saturated heterocycles. The van der Waals surface area contributed by atoms with E-state index in [-0.39, 0.29) is 24.1 Å². The standard InChI is InChI=1S/C14H16F2N4O3S/c15-11-2-1-10(12(16)5-11)7-24(21,22)19-6-9-3-4-23-13(9)14-17-8-18-20-14/h1-2,5,8-9,13,19H,3-4,6-7H2,(H,17,18,20)/t9-,13-/m0/s1. The van der Waals surface area contributed by atoms with Crippen molar-refractivity contribution in [3.8, 4) is 0 Å². The number of aromatic amines is 1. The number of H-pyrrole nitrogens is 1. The first-order valence-electron chi connectivity index (χ1n) is 7.33. The van der Waals surface area contributed by atoms with E-state index in [2.05, 4.69) is 19.9 Å². The number of nitrogens with one attached hydrogen (secondary N) is 2. The summed E-state index contributed by atoms with van der Waals surface area (Å²) in [7, 11) is -3.76. The maximum Gasteiger partial charge on any atom is 0.215 e. The van der Waals surface area contributed by atoms with Crippen LogP contribution in [0.15, 0.2) is 24.5 Å². The van der Waals surface area contributed by atoms with Crippen LogP contribution in [0.2, 0.25) is 0 Å². The van der Waals surface area contributed by atoms with Gasteiger partial charge in [0.25, 0.3) is 0 Å². The van der Waals surface area contributed by atoms with Crippen molar-refractivity contribution in [3.63, 3.8) is 0 Å². The number of hydrogen-bond acceptors (Lipinski definition) is 5. The molecule has 7 nitrogen and oxygen atoms in total. The molecule has 1 aliphatic heterocycles. The maximum atomic E-state index is 13.6. The molecule has 2 heterocycles. The highest BCUT2D eigenvalue weighted by Crippen LogP contribution is 2.32. The molecule has 1 fully saturated rings. The van der Waals surface area contributed by atoms with E-state index in [0.29, 0.717) is 24.9 Å². The van der Waals surface area contributed by atoms with Gasteiger partial charge in [-0.1, -0.05) is 6.07 Å². The van der Waals surface area contributed by atoms with Crippen molar-refractivity contribution >= 4 is 10.0 Å². The first-order valence-corrected chi connectivity index (χ1v) is 8.98. The Labute approximate surface area is 137 Å². The number of nitrogens with zero attached hydrogens (tertiary/aromatic N) is 2. The van der Waals surface area contributed by atoms with E-state index in [1.807, 2.05) is 0 Å². The van der Waals surface area contributed by atoms with E-state index in [4.69, 9.17) is 4.74 Å². The zero-order valence-corrected chi connectivity index (χ0v) is 13.4. The van der Waals surface area contributed by atoms with Gasteiger partial charge in [-0.05, 0) is 12.5 Å². The van der Waals surface area contributed by atoms with Crippen LogP contribution < -0.4 is 4.72 Å². The van der Waals surface area contributed by atoms with Gasteiger partial charge in [0.15, 0.2) is 5.82 Å². The van der Waals surface area contributed by atoms with Crippen LogP contribution in [0.3, 0.4) is 0 Å². The third-order valence-corrected chi connectivity index (χ3v) is 5.14. The van der Waals surface area contributed by atoms with Crippen molar-refractivity contribution in [1.29, 1.82) is 0 Å². The smallest absolute Gasteiger partial charge is 0.215 e. The Hall–Kier alpha value is -1.91. The number of rotatable bonds is 6. The molecule has 1 aromatic carbocycles. The molecule has 2 aromatic rings. The van der Waals surface area contributed by atoms with E-state index in [1.165, 1.54) is 6.33 Å². The van der Waals surface area contributed by atoms with Crippen LogP contribution in [0.25, 0.3) is 0 Å². The minimum absolute atomic E-state index is 0.0849. The monoisotopic (exact) mass is 358 g/mol. The van der Waals surface area contributed by atoms with E-state index in [0.717, 1.165) is 12.1 Å². The van der Waals surface area contributed by atoms with Crippen molar-refractivity contribution in [2.24, 2.45) is 5.92 Å². The number of benzene rings is 1. The molecule has 2 N–H and O–H groups in total. The van der Waals surface area contributed by atoms with Gasteiger partial charge < -0.3 is 4.74 Å². The highest BCUT2D eigenvalue weighted by Gasteiger charge is 2.32. The molecule has 3 rings (SSSR count). The van der Waals surface area contributed by atoms with Crippen LogP contribution in [0.5, 0.6) is 0 Å². The van der Waals surface area contributed by atoms with Gasteiger partial charge in [-0.3, -0.25) is 5.10 Å². The highest BCUT2D eigenvalue weighted by atomic mass is 32.2. The van der Waals surface area contributed by atoms with E-state index in [9.17, 15) is 17.2 Å². The molecule has 1 aliphatic rings. The first kappa shape index (κ1) is 16.9. The summed E-state index contributed by atoms with van der Waals surface area (Å²) in [5.74, 6) is -1.75. The number of halogens is 2. The summed E-state index contributed by atoms with van der Waals surface area (Å²) in [6, 6.07) is 2.81. The largest absolute Gasteiger partial charge is 0.370 e. The molecule has 0 saturated carbocycles. The lowest BCUT2D eigenvalue weighted by Gasteiger charge is -2.17. The molecule has 130 valence electrons. The van der Waals surface area contributed by atoms with Crippen LogP contribution in [0.4, 0.5) is 8.78 Å². The Morgan fingerprint density at radius 2 is 2.21 bits per heavy atom. The van der Waals surface area contributed by atoms with E-state index in [1.54, 1.807) is 0 Å². The van der Waals surface area contributed by atoms with Crippen LogP contribution in [-0.4, -0.2) is 36.8 Å². The Balaban J connectivity index is 1.62. The SMILES string of the molecule is O=S(=O)(Cc1ccc(F)cc1F)NC[C@@H]1CCO[C@@H]1c1ncn[nH]1. The minimum atomic E-state index is -3.76. The molecule has 0 aliphatic carbocycles. The second-order valence-corrected chi connectivity index (χ2v) is 7.36. The lowest BCUT2D eigenvalue weighted by molar-refractivity contribution is 0.0848. The van der Waals surface area contributed by atoms with Gasteiger partial charge in [0.05, 0.1) is 5.75 Å². The fourth-order valence-electron chi connectivity index (χ4n) is 2.63. The van der Waals surface area contributed by atoms with Crippen molar-refractivity contribution in [2.75, 3.05) is 13.2 Å². The third-order valence-electron chi connectivity index (χ3n) is 3.84. The lowest BCUT2D eigenvalue weighted by atomic mass is 10.0. The molecule has 0 spiro atoms. The molecule has 0 amide bonds. The van der Waals surface area contributed by atoms with Crippen LogP contribution in [0.1, 0.15) is 23.9 Å². The predicted octanol–water partition coefficient (Wildman–Crippen LogP) is 1.28. The van der Waals surface area contributed by atoms with Crippen molar-refractivity contribution in [1.82, 2.24) is 19.9 Å². The summed E-state index contributed by atoms with van der Waals surface area (Å²) in [4.78, 5) is 4.03. The molecule has 0 unspecified atom stereocenters. The predicted molar refractivity (Wildman–Crippen MR) is 80.2 cm³/mol. The van der Waals surface area contributed by atoms with Gasteiger partial charge in [0, 0.05) is 30.7 Å². The summed E-state index contributed by atoms with van der Waals surface area (Å²) in [5, 5.41) is 6.47. The number of aromatic nitrogens is 3. The van der Waals surface area contributed by atoms with Crippen molar-refractivity contribution in [2.45, 2.75) is 18.3 Å². The Morgan fingerprint density at radius 3 is 2.92 bits per heavy atom. The van der Waals surface area contributed by atoms with E-state index < -0.39 is 27.4 Å². The number of sulfonamides is 1. The third kappa shape index (κ3) is 3.94. The molecule has 10 heteroatoms. The summed E-state index contributed by atoms with van der Waals surface area (Å²) in [5.41, 5.74) is -0.0849. The maximum absolute atomic E-state index is 13.6. The topological polar surface area (TPSA) is 97.0 Å². The molecule has 0 bridgehead atoms. The second-order valence-electron chi connectivity index (χ2n) is 5.55. The van der Waals surface area contributed by atoms with Gasteiger partial charge in [0.2, 0.25) is 10.0 Å². The average molecular weight is 358 g/mol. The quantitative estimate of drug-likeness (QED) is 0.811. The minimum Gasteiger partial charge on any atom is -0.370 e. The van der Waals surface area contributed by atoms with Crippen LogP contribution in [-0.2, 0) is 20.5 Å². The Bertz CT molecular complexity index is 798. The molecule has 2 atom stereocenters. The molecule has 24 heavy (non-hydrogen) atoms. The van der Waals surface area contributed by atoms with Gasteiger partial charge in [-0.25, -0.2) is 26.9 Å². The van der Waals surface area contributed by atoms with Crippen molar-refractivity contribution < 1.29 is 21.9 Å². The van der Waals surface area contributed by atoms with Crippen LogP contribution >= 0.6 is 0 Å². The van der Waals surface area contributed by atoms with Crippen LogP contribution in [0, 0.1) is 17.6 Å². The Kier molecular flexibility index (Phi) is 4.88. The first-order chi connectivity index (χ1) is 11.4. The van der Waals surface area contributed by atoms with Gasteiger partial charge >= 0.3 is 0 Å². The zero-order valence-electron chi connectivity index (χ0n) is 12.6. The molecule has 0 radical (unpaired) electrons. The fraction of sp³-hybridized carbons (Fsp3) is 0.429. The summed E-state index contributed by atoms with van der Waals surface area (Å²) in [6.45, 7) is 0.626. The highest BCUT2D eigenvalue weighted by molar-refractivity contribution is 7.88. The fourth-order valence-corrected chi connectivity index (χ4v) is 3.84. The summed E-state index contributed by atoms with van der Waals surface area (Å²) >= 11 is 0. The second kappa shape index (κ2) is 6.91. The summed E-state index contributed by atoms with van der Waals surface area (Å²) in [6.07, 6.45) is 1.66. The zero-order chi connectivity index (χ0) is 17.2. The van der Waals surface area contributed by atoms with E-state index >= 15 is 0 Å². The Morgan fingerprint density at radius 1 is 1.38 bits per heavy atom. The van der Waals surface area contributed by atoms with Gasteiger partial charge in [-0.15, -0.1) is 0 Å². The van der Waals surface area contributed by atoms with Gasteiger partial charge in [0.1, 0.15) is 24.1 Å². The lowest BCUT2D eigenvalue weighted by Crippen LogP contribution is -2.32. The summed E-state index contributed by atoms with van der Waals surface area (Å²) < 4.78 is 58.8. The molecular formula is C14H16F2N4O3S.